The first-order valence-electron chi connectivity index (χ1n) is 4.61. The van der Waals surface area contributed by atoms with E-state index in [0.29, 0.717) is 5.92 Å². The molecule has 0 spiro atoms. The van der Waals surface area contributed by atoms with Gasteiger partial charge >= 0.3 is 6.09 Å². The van der Waals surface area contributed by atoms with Gasteiger partial charge < -0.3 is 10.5 Å². The first kappa shape index (κ1) is 9.99. The van der Waals surface area contributed by atoms with E-state index in [2.05, 4.69) is 21.6 Å². The van der Waals surface area contributed by atoms with E-state index in [-0.39, 0.29) is 5.19 Å². The third kappa shape index (κ3) is 2.70. The zero-order chi connectivity index (χ0) is 10.8. The van der Waals surface area contributed by atoms with Gasteiger partial charge in [0, 0.05) is 5.92 Å². The summed E-state index contributed by atoms with van der Waals surface area (Å²) in [7, 11) is 0. The van der Waals surface area contributed by atoms with Gasteiger partial charge in [0.2, 0.25) is 0 Å². The van der Waals surface area contributed by atoms with E-state index in [0.717, 1.165) is 10.6 Å². The van der Waals surface area contributed by atoms with Crippen molar-refractivity contribution in [1.29, 1.82) is 0 Å². The van der Waals surface area contributed by atoms with Gasteiger partial charge in [-0.2, -0.15) is 0 Å². The van der Waals surface area contributed by atoms with Gasteiger partial charge in [0.25, 0.3) is 5.19 Å². The molecule has 0 aromatic carbocycles. The van der Waals surface area contributed by atoms with Crippen molar-refractivity contribution >= 4 is 17.4 Å². The molecule has 0 atom stereocenters. The molecule has 1 aliphatic carbocycles. The van der Waals surface area contributed by atoms with Crippen LogP contribution in [0.2, 0.25) is 0 Å². The van der Waals surface area contributed by atoms with Crippen molar-refractivity contribution in [2.24, 2.45) is 11.7 Å². The molecule has 1 aromatic heterocycles. The Bertz CT molecular complexity index is 452. The molecule has 78 valence electrons. The average Bonchev–Trinajstić information content (AvgIpc) is 2.89. The van der Waals surface area contributed by atoms with Gasteiger partial charge in [-0.15, -0.1) is 0 Å². The van der Waals surface area contributed by atoms with Gasteiger partial charge in [0.05, 0.1) is 5.69 Å². The lowest BCUT2D eigenvalue weighted by molar-refractivity contribution is 0.210. The molecule has 1 aromatic rings. The fourth-order valence-electron chi connectivity index (χ4n) is 1.01. The molecule has 0 bridgehead atoms. The summed E-state index contributed by atoms with van der Waals surface area (Å²) in [6, 6.07) is 0. The summed E-state index contributed by atoms with van der Waals surface area (Å²) in [6.07, 6.45) is 1.54. The van der Waals surface area contributed by atoms with Gasteiger partial charge in [0.15, 0.2) is 0 Å². The van der Waals surface area contributed by atoms with E-state index in [1.54, 1.807) is 0 Å². The highest BCUT2D eigenvalue weighted by Crippen LogP contribution is 2.29. The van der Waals surface area contributed by atoms with Gasteiger partial charge in [-0.05, 0) is 19.8 Å². The SMILES string of the molecule is Cc1nc(OC(N)=O)sc1C#CC1CC1. The van der Waals surface area contributed by atoms with Gasteiger partial charge in [-0.25, -0.2) is 9.78 Å². The number of carbonyl (C=O) groups excluding carboxylic acids is 1. The maximum Gasteiger partial charge on any atom is 0.411 e. The molecular weight excluding hydrogens is 212 g/mol. The number of thiazole rings is 1. The molecule has 0 radical (unpaired) electrons. The third-order valence-electron chi connectivity index (χ3n) is 1.93. The van der Waals surface area contributed by atoms with Crippen molar-refractivity contribution in [1.82, 2.24) is 4.98 Å². The first-order chi connectivity index (χ1) is 7.15. The number of aromatic nitrogens is 1. The number of amides is 1. The Kier molecular flexibility index (Phi) is 2.60. The van der Waals surface area contributed by atoms with Crippen LogP contribution in [0, 0.1) is 24.7 Å². The maximum absolute atomic E-state index is 10.5. The summed E-state index contributed by atoms with van der Waals surface area (Å²) in [6.45, 7) is 1.83. The molecule has 1 aliphatic rings. The molecule has 0 aliphatic heterocycles. The highest BCUT2D eigenvalue weighted by atomic mass is 32.1. The van der Waals surface area contributed by atoms with Crippen molar-refractivity contribution in [3.63, 3.8) is 0 Å². The van der Waals surface area contributed by atoms with Crippen LogP contribution in [-0.2, 0) is 0 Å². The molecule has 1 heterocycles. The Balaban J connectivity index is 2.14. The van der Waals surface area contributed by atoms with Crippen LogP contribution in [0.5, 0.6) is 5.19 Å². The molecule has 1 amide bonds. The summed E-state index contributed by atoms with van der Waals surface area (Å²) in [5, 5.41) is 0.264. The van der Waals surface area contributed by atoms with E-state index in [1.807, 2.05) is 6.92 Å². The quantitative estimate of drug-likeness (QED) is 0.735. The van der Waals surface area contributed by atoms with Gasteiger partial charge in [-0.1, -0.05) is 23.2 Å². The number of hydrogen-bond acceptors (Lipinski definition) is 4. The minimum Gasteiger partial charge on any atom is -0.381 e. The Morgan fingerprint density at radius 3 is 3.00 bits per heavy atom. The number of carbonyl (C=O) groups is 1. The van der Waals surface area contributed by atoms with Crippen molar-refractivity contribution in [3.8, 4) is 17.0 Å². The van der Waals surface area contributed by atoms with Crippen LogP contribution < -0.4 is 10.5 Å². The van der Waals surface area contributed by atoms with Gasteiger partial charge in [0.1, 0.15) is 4.88 Å². The molecule has 0 saturated heterocycles. The molecule has 1 saturated carbocycles. The third-order valence-corrected chi connectivity index (χ3v) is 2.88. The minimum absolute atomic E-state index is 0.264. The normalized spacial score (nSPS) is 14.2. The highest BCUT2D eigenvalue weighted by molar-refractivity contribution is 7.14. The molecule has 2 N–H and O–H groups in total. The summed E-state index contributed by atoms with van der Waals surface area (Å²) in [4.78, 5) is 15.4. The number of nitrogens with two attached hydrogens (primary N) is 1. The van der Waals surface area contributed by atoms with Crippen LogP contribution in [0.25, 0.3) is 0 Å². The molecule has 0 unspecified atom stereocenters. The molecule has 2 rings (SSSR count). The van der Waals surface area contributed by atoms with Crippen molar-refractivity contribution in [2.75, 3.05) is 0 Å². The van der Waals surface area contributed by atoms with E-state index in [4.69, 9.17) is 5.73 Å². The van der Waals surface area contributed by atoms with Gasteiger partial charge in [-0.3, -0.25) is 0 Å². The number of nitrogens with zero attached hydrogens (tertiary/aromatic N) is 1. The maximum atomic E-state index is 10.5. The van der Waals surface area contributed by atoms with Crippen LogP contribution in [0.4, 0.5) is 4.79 Å². The topological polar surface area (TPSA) is 65.2 Å². The summed E-state index contributed by atoms with van der Waals surface area (Å²) in [5.41, 5.74) is 5.67. The second-order valence-corrected chi connectivity index (χ2v) is 4.32. The summed E-state index contributed by atoms with van der Waals surface area (Å²) >= 11 is 1.25. The molecule has 5 heteroatoms. The molecule has 1 fully saturated rings. The van der Waals surface area contributed by atoms with Crippen LogP contribution in [0.3, 0.4) is 0 Å². The predicted molar refractivity (Wildman–Crippen MR) is 56.7 cm³/mol. The van der Waals surface area contributed by atoms with Crippen molar-refractivity contribution in [3.05, 3.63) is 10.6 Å². The predicted octanol–water partition coefficient (Wildman–Crippen LogP) is 1.67. The van der Waals surface area contributed by atoms with Crippen LogP contribution >= 0.6 is 11.3 Å². The number of hydrogen-bond donors (Lipinski definition) is 1. The smallest absolute Gasteiger partial charge is 0.381 e. The molecular formula is C10H10N2O2S. The summed E-state index contributed by atoms with van der Waals surface area (Å²) in [5.74, 6) is 6.72. The van der Waals surface area contributed by atoms with Crippen molar-refractivity contribution < 1.29 is 9.53 Å². The van der Waals surface area contributed by atoms with Crippen molar-refractivity contribution in [2.45, 2.75) is 19.8 Å². The molecule has 15 heavy (non-hydrogen) atoms. The Morgan fingerprint density at radius 1 is 1.67 bits per heavy atom. The Hall–Kier alpha value is -1.54. The fraction of sp³-hybridized carbons (Fsp3) is 0.400. The molecule has 4 nitrogen and oxygen atoms in total. The lowest BCUT2D eigenvalue weighted by Crippen LogP contribution is -2.15. The van der Waals surface area contributed by atoms with E-state index < -0.39 is 6.09 Å². The van der Waals surface area contributed by atoms with E-state index in [9.17, 15) is 4.79 Å². The van der Waals surface area contributed by atoms with Crippen LogP contribution in [0.15, 0.2) is 0 Å². The first-order valence-corrected chi connectivity index (χ1v) is 5.43. The second kappa shape index (κ2) is 3.91. The number of ether oxygens (including phenoxy) is 1. The number of primary amides is 1. The minimum atomic E-state index is -0.842. The van der Waals surface area contributed by atoms with E-state index >= 15 is 0 Å². The van der Waals surface area contributed by atoms with E-state index in [1.165, 1.54) is 24.2 Å². The lowest BCUT2D eigenvalue weighted by Gasteiger charge is -1.90. The lowest BCUT2D eigenvalue weighted by atomic mass is 10.3. The second-order valence-electron chi connectivity index (χ2n) is 3.36. The average molecular weight is 222 g/mol. The zero-order valence-electron chi connectivity index (χ0n) is 8.24. The van der Waals surface area contributed by atoms with Crippen LogP contribution in [0.1, 0.15) is 23.4 Å². The zero-order valence-corrected chi connectivity index (χ0v) is 9.06. The monoisotopic (exact) mass is 222 g/mol. The Labute approximate surface area is 91.5 Å². The highest BCUT2D eigenvalue weighted by Gasteiger charge is 2.18. The summed E-state index contributed by atoms with van der Waals surface area (Å²) < 4.78 is 4.68. The van der Waals surface area contributed by atoms with Crippen LogP contribution in [-0.4, -0.2) is 11.1 Å². The number of aryl methyl sites for hydroxylation is 1. The fourth-order valence-corrected chi connectivity index (χ4v) is 1.80. The standard InChI is InChI=1S/C10H10N2O2S/c1-6-8(5-4-7-2-3-7)15-10(12-6)14-9(11)13/h7H,2-3H2,1H3,(H2,11,13). The Morgan fingerprint density at radius 2 is 2.40 bits per heavy atom. The largest absolute Gasteiger partial charge is 0.411 e. The number of rotatable bonds is 1.